The zero-order chi connectivity index (χ0) is 21.0. The van der Waals surface area contributed by atoms with E-state index in [-0.39, 0.29) is 21.2 Å². The van der Waals surface area contributed by atoms with Crippen molar-refractivity contribution in [2.45, 2.75) is 24.2 Å². The number of sulfonamides is 1. The van der Waals surface area contributed by atoms with Crippen LogP contribution in [0, 0.1) is 0 Å². The van der Waals surface area contributed by atoms with Crippen molar-refractivity contribution in [1.82, 2.24) is 4.31 Å². The van der Waals surface area contributed by atoms with Crippen LogP contribution in [0.15, 0.2) is 47.4 Å². The van der Waals surface area contributed by atoms with Gasteiger partial charge in [-0.15, -0.1) is 0 Å². The van der Waals surface area contributed by atoms with Gasteiger partial charge in [0.25, 0.3) is 0 Å². The highest BCUT2D eigenvalue weighted by atomic mass is 35.5. The zero-order valence-corrected chi connectivity index (χ0v) is 17.3. The van der Waals surface area contributed by atoms with Crippen LogP contribution in [0.25, 0.3) is 0 Å². The number of carbonyl (C=O) groups excluding carboxylic acids is 2. The molecule has 0 radical (unpaired) electrons. The van der Waals surface area contributed by atoms with Gasteiger partial charge in [-0.1, -0.05) is 18.0 Å². The molecule has 154 valence electrons. The molecule has 0 amide bonds. The maximum absolute atomic E-state index is 12.9. The number of nitrogens with zero attached hydrogens (tertiary/aromatic N) is 1. The number of esters is 2. The van der Waals surface area contributed by atoms with Gasteiger partial charge in [-0.3, -0.25) is 0 Å². The number of hydrogen-bond acceptors (Lipinski definition) is 6. The van der Waals surface area contributed by atoms with Crippen molar-refractivity contribution in [3.05, 3.63) is 58.6 Å². The lowest BCUT2D eigenvalue weighted by Crippen LogP contribution is -2.35. The lowest BCUT2D eigenvalue weighted by molar-refractivity contribution is 0.0600. The van der Waals surface area contributed by atoms with E-state index in [1.54, 1.807) is 0 Å². The smallest absolute Gasteiger partial charge is 0.343 e. The van der Waals surface area contributed by atoms with Crippen molar-refractivity contribution in [2.75, 3.05) is 20.2 Å². The minimum atomic E-state index is -3.80. The minimum Gasteiger partial charge on any atom is -0.465 e. The average molecular weight is 438 g/mol. The van der Waals surface area contributed by atoms with Gasteiger partial charge in [-0.2, -0.15) is 4.31 Å². The first-order chi connectivity index (χ1) is 13.8. The summed E-state index contributed by atoms with van der Waals surface area (Å²) in [7, 11) is -2.53. The Morgan fingerprint density at radius 2 is 1.55 bits per heavy atom. The molecule has 0 spiro atoms. The van der Waals surface area contributed by atoms with E-state index in [2.05, 4.69) is 4.74 Å². The highest BCUT2D eigenvalue weighted by Crippen LogP contribution is 2.28. The first-order valence-corrected chi connectivity index (χ1v) is 10.8. The van der Waals surface area contributed by atoms with Crippen molar-refractivity contribution in [3.63, 3.8) is 0 Å². The molecule has 2 aromatic rings. The molecule has 0 unspecified atom stereocenters. The Morgan fingerprint density at radius 1 is 0.931 bits per heavy atom. The summed E-state index contributed by atoms with van der Waals surface area (Å²) in [6.45, 7) is 0.861. The fourth-order valence-electron chi connectivity index (χ4n) is 3.02. The normalized spacial score (nSPS) is 15.0. The molecule has 0 bridgehead atoms. The third-order valence-electron chi connectivity index (χ3n) is 4.59. The van der Waals surface area contributed by atoms with Crippen LogP contribution in [-0.2, 0) is 14.8 Å². The number of ether oxygens (including phenoxy) is 2. The second-order valence-corrected chi connectivity index (χ2v) is 8.83. The van der Waals surface area contributed by atoms with Crippen LogP contribution in [0.1, 0.15) is 40.0 Å². The molecule has 29 heavy (non-hydrogen) atoms. The monoisotopic (exact) mass is 437 g/mol. The predicted octanol–water partition coefficient (Wildman–Crippen LogP) is 3.52. The van der Waals surface area contributed by atoms with Gasteiger partial charge in [0, 0.05) is 13.1 Å². The number of rotatable bonds is 5. The van der Waals surface area contributed by atoms with E-state index in [9.17, 15) is 18.0 Å². The summed E-state index contributed by atoms with van der Waals surface area (Å²) in [5.41, 5.74) is 0.371. The molecule has 1 heterocycles. The first kappa shape index (κ1) is 21.3. The van der Waals surface area contributed by atoms with E-state index >= 15 is 0 Å². The predicted molar refractivity (Wildman–Crippen MR) is 107 cm³/mol. The zero-order valence-electron chi connectivity index (χ0n) is 15.8. The van der Waals surface area contributed by atoms with E-state index in [1.165, 1.54) is 53.9 Å². The molecule has 0 saturated carbocycles. The Labute approximate surface area is 174 Å². The summed E-state index contributed by atoms with van der Waals surface area (Å²) in [5, 5.41) is 0.0505. The van der Waals surface area contributed by atoms with Gasteiger partial charge in [-0.25, -0.2) is 18.0 Å². The van der Waals surface area contributed by atoms with Crippen molar-refractivity contribution in [2.24, 2.45) is 0 Å². The van der Waals surface area contributed by atoms with Gasteiger partial charge in [0.15, 0.2) is 0 Å². The Hall–Kier alpha value is -2.42. The topological polar surface area (TPSA) is 90.0 Å². The van der Waals surface area contributed by atoms with Crippen molar-refractivity contribution < 1.29 is 27.5 Å². The number of hydrogen-bond donors (Lipinski definition) is 0. The second-order valence-electron chi connectivity index (χ2n) is 6.52. The van der Waals surface area contributed by atoms with Crippen LogP contribution in [0.3, 0.4) is 0 Å². The molecule has 2 aromatic carbocycles. The van der Waals surface area contributed by atoms with Gasteiger partial charge in [-0.05, 0) is 55.3 Å². The van der Waals surface area contributed by atoms with E-state index < -0.39 is 22.0 Å². The van der Waals surface area contributed by atoms with E-state index in [0.717, 1.165) is 19.3 Å². The lowest BCUT2D eigenvalue weighted by Gasteiger charge is -2.26. The van der Waals surface area contributed by atoms with Crippen LogP contribution in [0.2, 0.25) is 5.02 Å². The van der Waals surface area contributed by atoms with Gasteiger partial charge in [0.2, 0.25) is 10.0 Å². The van der Waals surface area contributed by atoms with Gasteiger partial charge in [0.1, 0.15) is 10.6 Å². The molecular formula is C20H20ClNO6S. The minimum absolute atomic E-state index is 0.0505. The van der Waals surface area contributed by atoms with Crippen molar-refractivity contribution >= 4 is 33.6 Å². The van der Waals surface area contributed by atoms with Crippen molar-refractivity contribution in [1.29, 1.82) is 0 Å². The highest BCUT2D eigenvalue weighted by molar-refractivity contribution is 7.89. The number of piperidine rings is 1. The van der Waals surface area contributed by atoms with Crippen LogP contribution in [0.5, 0.6) is 5.75 Å². The summed E-state index contributed by atoms with van der Waals surface area (Å²) >= 11 is 6.12. The van der Waals surface area contributed by atoms with Crippen LogP contribution >= 0.6 is 11.6 Å². The number of methoxy groups -OCH3 is 1. The third kappa shape index (κ3) is 4.77. The molecule has 1 aliphatic heterocycles. The molecule has 7 nitrogen and oxygen atoms in total. The molecular weight excluding hydrogens is 418 g/mol. The number of halogens is 1. The summed E-state index contributed by atoms with van der Waals surface area (Å²) in [4.78, 5) is 23.8. The summed E-state index contributed by atoms with van der Waals surface area (Å²) < 4.78 is 37.1. The molecule has 0 atom stereocenters. The molecule has 1 fully saturated rings. The number of carbonyl (C=O) groups is 2. The van der Waals surface area contributed by atoms with Gasteiger partial charge in [0.05, 0.1) is 23.3 Å². The fourth-order valence-corrected chi connectivity index (χ4v) is 5.03. The lowest BCUT2D eigenvalue weighted by atomic mass is 10.2. The fraction of sp³-hybridized carbons (Fsp3) is 0.300. The largest absolute Gasteiger partial charge is 0.465 e. The van der Waals surface area contributed by atoms with Crippen LogP contribution in [-0.4, -0.2) is 44.9 Å². The quantitative estimate of drug-likeness (QED) is 0.525. The van der Waals surface area contributed by atoms with E-state index in [4.69, 9.17) is 16.3 Å². The molecule has 3 rings (SSSR count). The molecule has 1 saturated heterocycles. The Morgan fingerprint density at radius 3 is 2.17 bits per heavy atom. The molecule has 0 aromatic heterocycles. The van der Waals surface area contributed by atoms with Gasteiger partial charge >= 0.3 is 11.9 Å². The summed E-state index contributed by atoms with van der Waals surface area (Å²) in [6.07, 6.45) is 2.57. The average Bonchev–Trinajstić information content (AvgIpc) is 2.74. The molecule has 0 aliphatic carbocycles. The van der Waals surface area contributed by atoms with E-state index in [0.29, 0.717) is 18.7 Å². The number of benzene rings is 2. The second kappa shape index (κ2) is 8.94. The Kier molecular flexibility index (Phi) is 6.56. The standard InChI is InChI=1S/C20H20ClNO6S/c1-27-19(23)14-5-8-16(9-6-14)28-20(24)15-7-10-17(21)18(13-15)29(25,26)22-11-3-2-4-12-22/h5-10,13H,2-4,11-12H2,1H3. The highest BCUT2D eigenvalue weighted by Gasteiger charge is 2.29. The Balaban J connectivity index is 1.81. The van der Waals surface area contributed by atoms with Crippen LogP contribution in [0.4, 0.5) is 0 Å². The SMILES string of the molecule is COC(=O)c1ccc(OC(=O)c2ccc(Cl)c(S(=O)(=O)N3CCCCC3)c2)cc1. The summed E-state index contributed by atoms with van der Waals surface area (Å²) in [5.74, 6) is -1.03. The Bertz CT molecular complexity index is 1010. The summed E-state index contributed by atoms with van der Waals surface area (Å²) in [6, 6.07) is 9.83. The maximum atomic E-state index is 12.9. The third-order valence-corrected chi connectivity index (χ3v) is 6.97. The van der Waals surface area contributed by atoms with Crippen LogP contribution < -0.4 is 4.74 Å². The molecule has 0 N–H and O–H groups in total. The van der Waals surface area contributed by atoms with Crippen molar-refractivity contribution in [3.8, 4) is 5.75 Å². The van der Waals surface area contributed by atoms with E-state index in [1.807, 2.05) is 0 Å². The molecule has 9 heteroatoms. The first-order valence-electron chi connectivity index (χ1n) is 9.03. The maximum Gasteiger partial charge on any atom is 0.343 e. The molecule has 1 aliphatic rings. The van der Waals surface area contributed by atoms with Gasteiger partial charge < -0.3 is 9.47 Å².